The molecule has 31 heavy (non-hydrogen) atoms. The van der Waals surface area contributed by atoms with Crippen LogP contribution < -0.4 is 10.1 Å². The van der Waals surface area contributed by atoms with Crippen LogP contribution in [0.4, 0.5) is 5.69 Å². The zero-order valence-electron chi connectivity index (χ0n) is 18.0. The zero-order valence-corrected chi connectivity index (χ0v) is 18.0. The van der Waals surface area contributed by atoms with Gasteiger partial charge in [0.25, 0.3) is 11.8 Å². The summed E-state index contributed by atoms with van der Waals surface area (Å²) in [5.74, 6) is 0.469. The fraction of sp³-hybridized carbons (Fsp3) is 0.320. The van der Waals surface area contributed by atoms with Crippen LogP contribution in [0.1, 0.15) is 52.0 Å². The van der Waals surface area contributed by atoms with Crippen molar-refractivity contribution in [2.45, 2.75) is 32.6 Å². The molecule has 6 heteroatoms. The second kappa shape index (κ2) is 9.16. The largest absolute Gasteiger partial charge is 0.497 e. The van der Waals surface area contributed by atoms with Crippen molar-refractivity contribution >= 4 is 28.4 Å². The highest BCUT2D eigenvalue weighted by Crippen LogP contribution is 2.30. The Kier molecular flexibility index (Phi) is 6.16. The maximum absolute atomic E-state index is 12.4. The first-order chi connectivity index (χ1) is 15.1. The predicted octanol–water partition coefficient (Wildman–Crippen LogP) is 4.82. The van der Waals surface area contributed by atoms with Crippen molar-refractivity contribution < 1.29 is 14.3 Å². The first-order valence-corrected chi connectivity index (χ1v) is 10.7. The molecule has 0 fully saturated rings. The molecule has 1 N–H and O–H groups in total. The van der Waals surface area contributed by atoms with Crippen LogP contribution in [0, 0.1) is 6.92 Å². The summed E-state index contributed by atoms with van der Waals surface area (Å²) in [6.45, 7) is 3.37. The highest BCUT2D eigenvalue weighted by Gasteiger charge is 2.34. The van der Waals surface area contributed by atoms with E-state index in [1.165, 1.54) is 10.5 Å². The summed E-state index contributed by atoms with van der Waals surface area (Å²) in [7, 11) is 1.67. The minimum atomic E-state index is -0.171. The molecular weight excluding hydrogens is 390 g/mol. The Balaban J connectivity index is 1.24. The molecule has 3 aromatic rings. The molecule has 2 heterocycles. The van der Waals surface area contributed by atoms with E-state index >= 15 is 0 Å². The highest BCUT2D eigenvalue weighted by atomic mass is 16.5. The number of hydrogen-bond donors (Lipinski definition) is 1. The fourth-order valence-corrected chi connectivity index (χ4v) is 4.03. The second-order valence-electron chi connectivity index (χ2n) is 7.85. The number of amides is 2. The van der Waals surface area contributed by atoms with Crippen LogP contribution in [0.2, 0.25) is 0 Å². The maximum atomic E-state index is 12.4. The molecule has 0 spiro atoms. The van der Waals surface area contributed by atoms with Gasteiger partial charge >= 0.3 is 0 Å². The SMILES string of the molecule is COc1cc(NCCCCCCN2C(=O)c3ccccc3C2=O)c2nccc(C)c2c1. The lowest BCUT2D eigenvalue weighted by molar-refractivity contribution is 0.0651. The van der Waals surface area contributed by atoms with Gasteiger partial charge in [-0.3, -0.25) is 19.5 Å². The number of ether oxygens (including phenoxy) is 1. The van der Waals surface area contributed by atoms with E-state index in [4.69, 9.17) is 4.74 Å². The van der Waals surface area contributed by atoms with E-state index in [9.17, 15) is 9.59 Å². The third-order valence-corrected chi connectivity index (χ3v) is 5.77. The summed E-state index contributed by atoms with van der Waals surface area (Å²) >= 11 is 0. The second-order valence-corrected chi connectivity index (χ2v) is 7.85. The van der Waals surface area contributed by atoms with Crippen LogP contribution in [-0.4, -0.2) is 41.9 Å². The quantitative estimate of drug-likeness (QED) is 0.399. The molecule has 1 aromatic heterocycles. The van der Waals surface area contributed by atoms with Crippen molar-refractivity contribution in [3.05, 3.63) is 65.4 Å². The number of anilines is 1. The lowest BCUT2D eigenvalue weighted by Crippen LogP contribution is -2.30. The van der Waals surface area contributed by atoms with Gasteiger partial charge in [0.1, 0.15) is 5.75 Å². The Hall–Kier alpha value is -3.41. The molecular formula is C25H27N3O3. The molecule has 0 bridgehead atoms. The molecule has 0 atom stereocenters. The monoisotopic (exact) mass is 417 g/mol. The Morgan fingerprint density at radius 3 is 2.39 bits per heavy atom. The molecule has 4 rings (SSSR count). The van der Waals surface area contributed by atoms with E-state index in [0.29, 0.717) is 17.7 Å². The molecule has 160 valence electrons. The van der Waals surface area contributed by atoms with Crippen molar-refractivity contribution in [2.75, 3.05) is 25.5 Å². The lowest BCUT2D eigenvalue weighted by atomic mass is 10.1. The molecule has 0 saturated heterocycles. The number of benzene rings is 2. The van der Waals surface area contributed by atoms with Crippen molar-refractivity contribution in [1.82, 2.24) is 9.88 Å². The smallest absolute Gasteiger partial charge is 0.261 e. The van der Waals surface area contributed by atoms with Gasteiger partial charge in [-0.2, -0.15) is 0 Å². The normalized spacial score (nSPS) is 13.0. The van der Waals surface area contributed by atoms with Crippen LogP contribution in [0.15, 0.2) is 48.7 Å². The number of methoxy groups -OCH3 is 1. The molecule has 6 nitrogen and oxygen atoms in total. The molecule has 1 aliphatic rings. The maximum Gasteiger partial charge on any atom is 0.261 e. The summed E-state index contributed by atoms with van der Waals surface area (Å²) in [5, 5.41) is 4.57. The molecule has 2 amide bonds. The van der Waals surface area contributed by atoms with Gasteiger partial charge in [-0.1, -0.05) is 25.0 Å². The number of hydrogen-bond acceptors (Lipinski definition) is 5. The molecule has 0 radical (unpaired) electrons. The van der Waals surface area contributed by atoms with E-state index in [1.54, 1.807) is 31.4 Å². The fourth-order valence-electron chi connectivity index (χ4n) is 4.03. The third kappa shape index (κ3) is 4.24. The predicted molar refractivity (Wildman–Crippen MR) is 122 cm³/mol. The van der Waals surface area contributed by atoms with Crippen molar-refractivity contribution in [2.24, 2.45) is 0 Å². The van der Waals surface area contributed by atoms with Crippen LogP contribution >= 0.6 is 0 Å². The third-order valence-electron chi connectivity index (χ3n) is 5.77. The number of fused-ring (bicyclic) bond motifs is 2. The topological polar surface area (TPSA) is 71.5 Å². The number of aromatic nitrogens is 1. The summed E-state index contributed by atoms with van der Waals surface area (Å²) in [4.78, 5) is 30.7. The van der Waals surface area contributed by atoms with Gasteiger partial charge in [-0.25, -0.2) is 0 Å². The van der Waals surface area contributed by atoms with Gasteiger partial charge in [0.15, 0.2) is 0 Å². The summed E-state index contributed by atoms with van der Waals surface area (Å²) in [6.07, 6.45) is 5.62. The first kappa shape index (κ1) is 20.8. The Morgan fingerprint density at radius 2 is 1.68 bits per heavy atom. The Morgan fingerprint density at radius 1 is 0.968 bits per heavy atom. The van der Waals surface area contributed by atoms with Gasteiger partial charge in [0.05, 0.1) is 29.4 Å². The lowest BCUT2D eigenvalue weighted by Gasteiger charge is -2.14. The molecule has 0 saturated carbocycles. The highest BCUT2D eigenvalue weighted by molar-refractivity contribution is 6.21. The van der Waals surface area contributed by atoms with E-state index in [1.807, 2.05) is 24.4 Å². The van der Waals surface area contributed by atoms with E-state index in [-0.39, 0.29) is 11.8 Å². The minimum Gasteiger partial charge on any atom is -0.497 e. The zero-order chi connectivity index (χ0) is 21.8. The molecule has 0 aliphatic carbocycles. The number of nitrogens with zero attached hydrogens (tertiary/aromatic N) is 2. The number of carbonyl (C=O) groups excluding carboxylic acids is 2. The molecule has 0 unspecified atom stereocenters. The standard InChI is InChI=1S/C25H27N3O3/c1-17-11-13-27-23-21(17)15-18(31-2)16-22(23)26-12-7-3-4-8-14-28-24(29)19-9-5-6-10-20(19)25(28)30/h5-6,9-11,13,15-16,26H,3-4,7-8,12,14H2,1-2H3. The van der Waals surface area contributed by atoms with Crippen LogP contribution in [0.25, 0.3) is 10.9 Å². The van der Waals surface area contributed by atoms with E-state index < -0.39 is 0 Å². The molecule has 1 aliphatic heterocycles. The number of imide groups is 1. The number of unbranched alkanes of at least 4 members (excludes halogenated alkanes) is 3. The average molecular weight is 418 g/mol. The van der Waals surface area contributed by atoms with Crippen LogP contribution in [0.3, 0.4) is 0 Å². The number of rotatable bonds is 9. The number of aryl methyl sites for hydroxylation is 1. The van der Waals surface area contributed by atoms with Crippen molar-refractivity contribution in [3.63, 3.8) is 0 Å². The Bertz CT molecular complexity index is 1090. The summed E-state index contributed by atoms with van der Waals surface area (Å²) in [5.41, 5.74) is 4.13. The summed E-state index contributed by atoms with van der Waals surface area (Å²) < 4.78 is 5.44. The van der Waals surface area contributed by atoms with E-state index in [0.717, 1.165) is 54.6 Å². The van der Waals surface area contributed by atoms with Crippen molar-refractivity contribution in [3.8, 4) is 5.75 Å². The van der Waals surface area contributed by atoms with Crippen LogP contribution in [0.5, 0.6) is 5.75 Å². The van der Waals surface area contributed by atoms with Gasteiger partial charge in [-0.15, -0.1) is 0 Å². The number of pyridine rings is 1. The van der Waals surface area contributed by atoms with E-state index in [2.05, 4.69) is 17.2 Å². The van der Waals surface area contributed by atoms with Gasteiger partial charge in [0.2, 0.25) is 0 Å². The Labute approximate surface area is 182 Å². The number of carbonyl (C=O) groups is 2. The molecule has 2 aromatic carbocycles. The van der Waals surface area contributed by atoms with Gasteiger partial charge < -0.3 is 10.1 Å². The van der Waals surface area contributed by atoms with Crippen molar-refractivity contribution in [1.29, 1.82) is 0 Å². The van der Waals surface area contributed by atoms with Crippen LogP contribution in [-0.2, 0) is 0 Å². The minimum absolute atomic E-state index is 0.171. The summed E-state index contributed by atoms with van der Waals surface area (Å²) in [6, 6.07) is 13.0. The van der Waals surface area contributed by atoms with Gasteiger partial charge in [-0.05, 0) is 49.6 Å². The average Bonchev–Trinajstić information content (AvgIpc) is 3.03. The first-order valence-electron chi connectivity index (χ1n) is 10.7. The van der Waals surface area contributed by atoms with Gasteiger partial charge in [0, 0.05) is 30.7 Å². The number of nitrogens with one attached hydrogen (secondary N) is 1.